The van der Waals surface area contributed by atoms with Gasteiger partial charge in [-0.3, -0.25) is 9.97 Å². The highest BCUT2D eigenvalue weighted by molar-refractivity contribution is 5.96. The SMILES string of the molecule is Nc1cc(-c2ccc3nccc(-c4ccncc4)c3c2)cnc1N. The molecule has 3 aromatic heterocycles. The van der Waals surface area contributed by atoms with Crippen LogP contribution in [0.15, 0.2) is 67.3 Å². The van der Waals surface area contributed by atoms with Crippen LogP contribution < -0.4 is 11.5 Å². The molecule has 4 rings (SSSR count). The van der Waals surface area contributed by atoms with Crippen molar-refractivity contribution in [1.82, 2.24) is 15.0 Å². The van der Waals surface area contributed by atoms with Crippen LogP contribution in [-0.2, 0) is 0 Å². The van der Waals surface area contributed by atoms with Gasteiger partial charge >= 0.3 is 0 Å². The fourth-order valence-corrected chi connectivity index (χ4v) is 2.76. The summed E-state index contributed by atoms with van der Waals surface area (Å²) in [6.45, 7) is 0. The summed E-state index contributed by atoms with van der Waals surface area (Å²) in [6, 6.07) is 13.9. The molecule has 3 heterocycles. The number of fused-ring (bicyclic) bond motifs is 1. The van der Waals surface area contributed by atoms with Gasteiger partial charge in [0.25, 0.3) is 0 Å². The molecule has 0 unspecified atom stereocenters. The standard InChI is InChI=1S/C19H15N5/c20-17-10-14(11-24-19(17)21)13-1-2-18-16(9-13)15(5-8-23-18)12-3-6-22-7-4-12/h1-11H,20H2,(H2,21,24). The third kappa shape index (κ3) is 2.42. The van der Waals surface area contributed by atoms with Crippen molar-refractivity contribution >= 4 is 22.4 Å². The molecule has 0 aliphatic carbocycles. The summed E-state index contributed by atoms with van der Waals surface area (Å²) in [5, 5.41) is 1.07. The molecule has 24 heavy (non-hydrogen) atoms. The Morgan fingerprint density at radius 1 is 0.708 bits per heavy atom. The Bertz CT molecular complexity index is 1030. The van der Waals surface area contributed by atoms with E-state index in [1.54, 1.807) is 18.6 Å². The van der Waals surface area contributed by atoms with Crippen molar-refractivity contribution in [2.45, 2.75) is 0 Å². The smallest absolute Gasteiger partial charge is 0.146 e. The predicted molar refractivity (Wildman–Crippen MR) is 97.0 cm³/mol. The maximum Gasteiger partial charge on any atom is 0.146 e. The van der Waals surface area contributed by atoms with Gasteiger partial charge in [0.05, 0.1) is 11.2 Å². The molecule has 5 nitrogen and oxygen atoms in total. The van der Waals surface area contributed by atoms with Crippen molar-refractivity contribution in [2.24, 2.45) is 0 Å². The molecule has 0 aliphatic rings. The molecular formula is C19H15N5. The zero-order chi connectivity index (χ0) is 16.5. The summed E-state index contributed by atoms with van der Waals surface area (Å²) >= 11 is 0. The van der Waals surface area contributed by atoms with E-state index in [1.807, 2.05) is 42.6 Å². The van der Waals surface area contributed by atoms with Crippen molar-refractivity contribution in [3.05, 3.63) is 67.3 Å². The van der Waals surface area contributed by atoms with Crippen LogP contribution in [0.2, 0.25) is 0 Å². The zero-order valence-electron chi connectivity index (χ0n) is 12.8. The van der Waals surface area contributed by atoms with E-state index in [-0.39, 0.29) is 0 Å². The lowest BCUT2D eigenvalue weighted by molar-refractivity contribution is 1.33. The Hall–Kier alpha value is -3.47. The van der Waals surface area contributed by atoms with Crippen molar-refractivity contribution in [1.29, 1.82) is 0 Å². The summed E-state index contributed by atoms with van der Waals surface area (Å²) < 4.78 is 0. The zero-order valence-corrected chi connectivity index (χ0v) is 12.8. The molecule has 0 saturated carbocycles. The lowest BCUT2D eigenvalue weighted by Gasteiger charge is -2.09. The Kier molecular flexibility index (Phi) is 3.31. The van der Waals surface area contributed by atoms with Gasteiger partial charge in [0.2, 0.25) is 0 Å². The summed E-state index contributed by atoms with van der Waals surface area (Å²) in [7, 11) is 0. The average molecular weight is 313 g/mol. The van der Waals surface area contributed by atoms with Crippen LogP contribution >= 0.6 is 0 Å². The lowest BCUT2D eigenvalue weighted by atomic mass is 9.98. The monoisotopic (exact) mass is 313 g/mol. The molecule has 4 N–H and O–H groups in total. The van der Waals surface area contributed by atoms with E-state index >= 15 is 0 Å². The summed E-state index contributed by atoms with van der Waals surface area (Å²) in [4.78, 5) is 12.7. The Morgan fingerprint density at radius 3 is 2.33 bits per heavy atom. The number of nitrogens with zero attached hydrogens (tertiary/aromatic N) is 3. The van der Waals surface area contributed by atoms with Gasteiger partial charge in [0, 0.05) is 35.7 Å². The van der Waals surface area contributed by atoms with Gasteiger partial charge in [-0.15, -0.1) is 0 Å². The van der Waals surface area contributed by atoms with E-state index in [9.17, 15) is 0 Å². The molecule has 116 valence electrons. The Labute approximate surface area is 139 Å². The number of rotatable bonds is 2. The molecule has 0 radical (unpaired) electrons. The van der Waals surface area contributed by atoms with Crippen molar-refractivity contribution in [3.63, 3.8) is 0 Å². The highest BCUT2D eigenvalue weighted by atomic mass is 14.9. The van der Waals surface area contributed by atoms with Crippen LogP contribution in [0.1, 0.15) is 0 Å². The number of benzene rings is 1. The second-order valence-electron chi connectivity index (χ2n) is 5.52. The number of aromatic nitrogens is 3. The van der Waals surface area contributed by atoms with E-state index in [4.69, 9.17) is 11.5 Å². The highest BCUT2D eigenvalue weighted by Crippen LogP contribution is 2.31. The maximum absolute atomic E-state index is 5.88. The van der Waals surface area contributed by atoms with E-state index in [1.165, 1.54) is 0 Å². The number of nitrogen functional groups attached to an aromatic ring is 2. The molecule has 4 aromatic rings. The number of anilines is 2. The molecular weight excluding hydrogens is 298 g/mol. The second kappa shape index (κ2) is 5.62. The average Bonchev–Trinajstić information content (AvgIpc) is 2.64. The van der Waals surface area contributed by atoms with Crippen LogP contribution in [0.3, 0.4) is 0 Å². The quantitative estimate of drug-likeness (QED) is 0.591. The molecule has 5 heteroatoms. The topological polar surface area (TPSA) is 90.7 Å². The molecule has 0 fully saturated rings. The number of nitrogens with two attached hydrogens (primary N) is 2. The summed E-state index contributed by atoms with van der Waals surface area (Å²) in [5.74, 6) is 0.346. The largest absolute Gasteiger partial charge is 0.396 e. The molecule has 0 aliphatic heterocycles. The minimum atomic E-state index is 0.346. The first-order valence-electron chi connectivity index (χ1n) is 7.53. The van der Waals surface area contributed by atoms with Gasteiger partial charge in [0.1, 0.15) is 5.82 Å². The van der Waals surface area contributed by atoms with Gasteiger partial charge in [-0.1, -0.05) is 6.07 Å². The van der Waals surface area contributed by atoms with Gasteiger partial charge in [-0.25, -0.2) is 4.98 Å². The van der Waals surface area contributed by atoms with E-state index < -0.39 is 0 Å². The van der Waals surface area contributed by atoms with E-state index in [0.29, 0.717) is 11.5 Å². The van der Waals surface area contributed by atoms with Gasteiger partial charge in [-0.05, 0) is 53.1 Å². The molecule has 0 saturated heterocycles. The van der Waals surface area contributed by atoms with Crippen LogP contribution in [0, 0.1) is 0 Å². The molecule has 0 atom stereocenters. The minimum Gasteiger partial charge on any atom is -0.396 e. The second-order valence-corrected chi connectivity index (χ2v) is 5.52. The Morgan fingerprint density at radius 2 is 1.54 bits per heavy atom. The first-order valence-corrected chi connectivity index (χ1v) is 7.53. The number of hydrogen-bond acceptors (Lipinski definition) is 5. The van der Waals surface area contributed by atoms with E-state index in [0.717, 1.165) is 33.2 Å². The number of hydrogen-bond donors (Lipinski definition) is 2. The van der Waals surface area contributed by atoms with Crippen molar-refractivity contribution in [3.8, 4) is 22.3 Å². The minimum absolute atomic E-state index is 0.346. The summed E-state index contributed by atoms with van der Waals surface area (Å²) in [6.07, 6.45) is 7.13. The highest BCUT2D eigenvalue weighted by Gasteiger charge is 2.08. The molecule has 1 aromatic carbocycles. The van der Waals surface area contributed by atoms with Gasteiger partial charge < -0.3 is 11.5 Å². The summed E-state index contributed by atoms with van der Waals surface area (Å²) in [5.41, 5.74) is 17.2. The van der Waals surface area contributed by atoms with Crippen LogP contribution in [0.4, 0.5) is 11.5 Å². The first kappa shape index (κ1) is 14.1. The van der Waals surface area contributed by atoms with E-state index in [2.05, 4.69) is 21.0 Å². The van der Waals surface area contributed by atoms with Crippen LogP contribution in [0.25, 0.3) is 33.2 Å². The fraction of sp³-hybridized carbons (Fsp3) is 0. The normalized spacial score (nSPS) is 10.8. The fourth-order valence-electron chi connectivity index (χ4n) is 2.76. The third-order valence-corrected chi connectivity index (χ3v) is 4.02. The van der Waals surface area contributed by atoms with Crippen LogP contribution in [0.5, 0.6) is 0 Å². The molecule has 0 amide bonds. The van der Waals surface area contributed by atoms with Gasteiger partial charge in [0.15, 0.2) is 0 Å². The predicted octanol–water partition coefficient (Wildman–Crippen LogP) is 3.52. The van der Waals surface area contributed by atoms with Crippen molar-refractivity contribution in [2.75, 3.05) is 11.5 Å². The van der Waals surface area contributed by atoms with Crippen LogP contribution in [-0.4, -0.2) is 15.0 Å². The first-order chi connectivity index (χ1) is 11.7. The molecule has 0 bridgehead atoms. The van der Waals surface area contributed by atoms with Crippen molar-refractivity contribution < 1.29 is 0 Å². The number of pyridine rings is 3. The Balaban J connectivity index is 1.92. The third-order valence-electron chi connectivity index (χ3n) is 4.02. The van der Waals surface area contributed by atoms with Gasteiger partial charge in [-0.2, -0.15) is 0 Å². The lowest BCUT2D eigenvalue weighted by Crippen LogP contribution is -1.97. The maximum atomic E-state index is 5.88. The molecule has 0 spiro atoms.